The maximum atomic E-state index is 5.78. The third-order valence-corrected chi connectivity index (χ3v) is 1.90. The van der Waals surface area contributed by atoms with Crippen molar-refractivity contribution in [3.05, 3.63) is 23.3 Å². The summed E-state index contributed by atoms with van der Waals surface area (Å²) in [6, 6.07) is 0.0764. The van der Waals surface area contributed by atoms with Gasteiger partial charge in [0.25, 0.3) is 0 Å². The van der Waals surface area contributed by atoms with Crippen LogP contribution in [0.25, 0.3) is 0 Å². The van der Waals surface area contributed by atoms with Crippen molar-refractivity contribution in [1.29, 1.82) is 0 Å². The van der Waals surface area contributed by atoms with Crippen molar-refractivity contribution >= 4 is 23.1 Å². The number of hydrogen-bond acceptors (Lipinski definition) is 2. The van der Waals surface area contributed by atoms with Gasteiger partial charge in [0, 0.05) is 5.03 Å². The van der Waals surface area contributed by atoms with Crippen molar-refractivity contribution < 1.29 is 0 Å². The van der Waals surface area contributed by atoms with Gasteiger partial charge in [-0.3, -0.25) is 4.99 Å². The molecule has 0 N–H and O–H groups in total. The molecule has 0 amide bonds. The molecule has 11 heavy (non-hydrogen) atoms. The van der Waals surface area contributed by atoms with E-state index < -0.39 is 0 Å². The molecule has 1 atom stereocenters. The second kappa shape index (κ2) is 2.31. The Kier molecular flexibility index (Phi) is 1.43. The molecule has 0 saturated carbocycles. The summed E-state index contributed by atoms with van der Waals surface area (Å²) in [7, 11) is 0. The van der Waals surface area contributed by atoms with Gasteiger partial charge in [-0.15, -0.1) is 0 Å². The van der Waals surface area contributed by atoms with Crippen molar-refractivity contribution in [2.75, 3.05) is 0 Å². The van der Waals surface area contributed by atoms with Crippen LogP contribution >= 0.6 is 11.6 Å². The number of amidine groups is 1. The number of nitrogens with zero attached hydrogens (tertiary/aromatic N) is 2. The van der Waals surface area contributed by atoms with Crippen LogP contribution < -0.4 is 0 Å². The summed E-state index contributed by atoms with van der Waals surface area (Å²) in [4.78, 5) is 8.48. The zero-order valence-corrected chi connectivity index (χ0v) is 6.84. The quantitative estimate of drug-likeness (QED) is 0.525. The lowest BCUT2D eigenvalue weighted by molar-refractivity contribution is 1.10. The number of hydrogen-bond donors (Lipinski definition) is 0. The summed E-state index contributed by atoms with van der Waals surface area (Å²) in [6.45, 7) is 1.89. The van der Waals surface area contributed by atoms with Crippen LogP contribution in [0.2, 0.25) is 0 Å². The highest BCUT2D eigenvalue weighted by molar-refractivity contribution is 6.32. The summed E-state index contributed by atoms with van der Waals surface area (Å²) in [6.07, 6.45) is 5.65. The zero-order chi connectivity index (χ0) is 7.84. The van der Waals surface area contributed by atoms with Crippen LogP contribution in [-0.2, 0) is 0 Å². The standard InChI is InChI=1S/C8H7ClN2/c1-5-10-7-3-2-6(9)4-8(7)11-5/h2-4,8H,1H3. The Balaban J connectivity index is 2.39. The smallest absolute Gasteiger partial charge is 0.121 e. The maximum Gasteiger partial charge on any atom is 0.121 e. The minimum Gasteiger partial charge on any atom is -0.257 e. The average Bonchev–Trinajstić information content (AvgIpc) is 2.27. The van der Waals surface area contributed by atoms with Crippen LogP contribution in [0.1, 0.15) is 6.92 Å². The fraction of sp³-hybridized carbons (Fsp3) is 0.250. The van der Waals surface area contributed by atoms with E-state index in [1.165, 1.54) is 0 Å². The molecule has 0 aromatic rings. The maximum absolute atomic E-state index is 5.78. The molecule has 1 aliphatic carbocycles. The summed E-state index contributed by atoms with van der Waals surface area (Å²) in [5, 5.41) is 0.743. The molecule has 0 fully saturated rings. The molecule has 0 aromatic carbocycles. The van der Waals surface area contributed by atoms with Gasteiger partial charge in [0.05, 0.1) is 5.71 Å². The highest BCUT2D eigenvalue weighted by atomic mass is 35.5. The molecule has 0 saturated heterocycles. The molecule has 2 aliphatic rings. The van der Waals surface area contributed by atoms with E-state index in [2.05, 4.69) is 9.98 Å². The zero-order valence-electron chi connectivity index (χ0n) is 6.08. The number of fused-ring (bicyclic) bond motifs is 1. The van der Waals surface area contributed by atoms with E-state index in [1.54, 1.807) is 0 Å². The lowest BCUT2D eigenvalue weighted by Gasteiger charge is -2.06. The van der Waals surface area contributed by atoms with Gasteiger partial charge in [0.1, 0.15) is 11.9 Å². The Morgan fingerprint density at radius 2 is 2.27 bits per heavy atom. The van der Waals surface area contributed by atoms with Gasteiger partial charge in [-0.25, -0.2) is 4.99 Å². The molecule has 0 radical (unpaired) electrons. The lowest BCUT2D eigenvalue weighted by Crippen LogP contribution is -2.12. The summed E-state index contributed by atoms with van der Waals surface area (Å²) in [5.74, 6) is 0.831. The van der Waals surface area contributed by atoms with E-state index in [-0.39, 0.29) is 6.04 Å². The second-order valence-corrected chi connectivity index (χ2v) is 2.98. The summed E-state index contributed by atoms with van der Waals surface area (Å²) in [5.41, 5.74) is 0.993. The Bertz CT molecular complexity index is 310. The van der Waals surface area contributed by atoms with Gasteiger partial charge in [0.2, 0.25) is 0 Å². The molecule has 1 unspecified atom stereocenters. The Morgan fingerprint density at radius 1 is 1.45 bits per heavy atom. The van der Waals surface area contributed by atoms with Crippen LogP contribution in [0.3, 0.4) is 0 Å². The minimum atomic E-state index is 0.0764. The topological polar surface area (TPSA) is 24.7 Å². The summed E-state index contributed by atoms with van der Waals surface area (Å²) < 4.78 is 0. The molecular formula is C8H7ClN2. The average molecular weight is 167 g/mol. The van der Waals surface area contributed by atoms with Crippen LogP contribution in [0.5, 0.6) is 0 Å². The molecule has 3 heteroatoms. The van der Waals surface area contributed by atoms with E-state index >= 15 is 0 Å². The highest BCUT2D eigenvalue weighted by Gasteiger charge is 2.18. The normalized spacial score (nSPS) is 27.5. The van der Waals surface area contributed by atoms with Crippen molar-refractivity contribution in [2.24, 2.45) is 9.98 Å². The number of rotatable bonds is 0. The predicted octanol–water partition coefficient (Wildman–Crippen LogP) is 1.92. The molecule has 0 spiro atoms. The first-order valence-corrected chi connectivity index (χ1v) is 3.82. The van der Waals surface area contributed by atoms with Crippen molar-refractivity contribution in [1.82, 2.24) is 0 Å². The summed E-state index contributed by atoms with van der Waals surface area (Å²) >= 11 is 5.78. The van der Waals surface area contributed by atoms with Crippen molar-refractivity contribution in [2.45, 2.75) is 13.0 Å². The van der Waals surface area contributed by atoms with Gasteiger partial charge in [-0.2, -0.15) is 0 Å². The fourth-order valence-electron chi connectivity index (χ4n) is 1.18. The molecule has 56 valence electrons. The molecule has 0 aromatic heterocycles. The Labute approximate surface area is 70.0 Å². The fourth-order valence-corrected chi connectivity index (χ4v) is 1.36. The van der Waals surface area contributed by atoms with Crippen molar-refractivity contribution in [3.63, 3.8) is 0 Å². The van der Waals surface area contributed by atoms with Crippen LogP contribution in [-0.4, -0.2) is 17.6 Å². The number of aliphatic imine (C=N–C) groups is 2. The molecular weight excluding hydrogens is 160 g/mol. The minimum absolute atomic E-state index is 0.0764. The first kappa shape index (κ1) is 6.80. The molecule has 1 heterocycles. The largest absolute Gasteiger partial charge is 0.257 e. The van der Waals surface area contributed by atoms with Crippen LogP contribution in [0, 0.1) is 0 Å². The Morgan fingerprint density at radius 3 is 3.09 bits per heavy atom. The first-order chi connectivity index (χ1) is 5.25. The molecule has 2 rings (SSSR count). The Hall–Kier alpha value is -0.890. The van der Waals surface area contributed by atoms with Gasteiger partial charge < -0.3 is 0 Å². The van der Waals surface area contributed by atoms with Crippen LogP contribution in [0.4, 0.5) is 0 Å². The van der Waals surface area contributed by atoms with Gasteiger partial charge >= 0.3 is 0 Å². The number of halogens is 1. The van der Waals surface area contributed by atoms with Gasteiger partial charge in [-0.05, 0) is 25.2 Å². The molecule has 2 nitrogen and oxygen atoms in total. The predicted molar refractivity (Wildman–Crippen MR) is 47.4 cm³/mol. The van der Waals surface area contributed by atoms with Crippen LogP contribution in [0.15, 0.2) is 33.2 Å². The molecule has 0 bridgehead atoms. The lowest BCUT2D eigenvalue weighted by atomic mass is 10.1. The van der Waals surface area contributed by atoms with Crippen molar-refractivity contribution in [3.8, 4) is 0 Å². The van der Waals surface area contributed by atoms with E-state index in [1.807, 2.05) is 25.2 Å². The SMILES string of the molecule is CC1=NC2C=C(Cl)C=CC2=N1. The molecule has 1 aliphatic heterocycles. The van der Waals surface area contributed by atoms with E-state index in [4.69, 9.17) is 11.6 Å². The highest BCUT2D eigenvalue weighted by Crippen LogP contribution is 2.18. The third kappa shape index (κ3) is 1.14. The van der Waals surface area contributed by atoms with E-state index in [9.17, 15) is 0 Å². The van der Waals surface area contributed by atoms with E-state index in [0.29, 0.717) is 0 Å². The van der Waals surface area contributed by atoms with E-state index in [0.717, 1.165) is 16.6 Å². The third-order valence-electron chi connectivity index (χ3n) is 1.65. The van der Waals surface area contributed by atoms with Gasteiger partial charge in [-0.1, -0.05) is 11.6 Å². The first-order valence-electron chi connectivity index (χ1n) is 3.44. The number of allylic oxidation sites excluding steroid dienone is 2. The monoisotopic (exact) mass is 166 g/mol. The second-order valence-electron chi connectivity index (χ2n) is 2.54. The van der Waals surface area contributed by atoms with Gasteiger partial charge in [0.15, 0.2) is 0 Å².